The molecule has 2 heterocycles. The molecule has 1 aromatic heterocycles. The summed E-state index contributed by atoms with van der Waals surface area (Å²) in [6.45, 7) is 2.79. The van der Waals surface area contributed by atoms with Gasteiger partial charge in [0.2, 0.25) is 0 Å². The van der Waals surface area contributed by atoms with Crippen molar-refractivity contribution in [1.29, 1.82) is 0 Å². The normalized spacial score (nSPS) is 19.3. The van der Waals surface area contributed by atoms with Gasteiger partial charge in [-0.2, -0.15) is 5.10 Å². The molecule has 0 saturated heterocycles. The Hall–Kier alpha value is -0.360. The summed E-state index contributed by atoms with van der Waals surface area (Å²) in [6.07, 6.45) is 0.587. The van der Waals surface area contributed by atoms with Crippen molar-refractivity contribution in [2.45, 2.75) is 25.6 Å². The number of nitrogens with zero attached hydrogens (tertiary/aromatic N) is 2. The number of hydrogen-bond acceptors (Lipinski definition) is 3. The van der Waals surface area contributed by atoms with E-state index in [9.17, 15) is 8.42 Å². The second-order valence-corrected chi connectivity index (χ2v) is 6.31. The number of halogens is 1. The molecule has 0 unspecified atom stereocenters. The van der Waals surface area contributed by atoms with E-state index < -0.39 is 9.84 Å². The van der Waals surface area contributed by atoms with Crippen molar-refractivity contribution in [3.8, 4) is 0 Å². The predicted molar refractivity (Wildman–Crippen MR) is 56.8 cm³/mol. The molecule has 0 aromatic carbocycles. The van der Waals surface area contributed by atoms with Crippen LogP contribution in [0, 0.1) is 0 Å². The molecule has 0 saturated carbocycles. The summed E-state index contributed by atoms with van der Waals surface area (Å²) in [6, 6.07) is 0. The second-order valence-electron chi connectivity index (χ2n) is 3.37. The molecule has 0 atom stereocenters. The van der Waals surface area contributed by atoms with E-state index in [-0.39, 0.29) is 11.5 Å². The van der Waals surface area contributed by atoms with Gasteiger partial charge in [-0.3, -0.25) is 4.68 Å². The fourth-order valence-electron chi connectivity index (χ4n) is 1.73. The fraction of sp³-hybridized carbons (Fsp3) is 0.625. The fourth-order valence-corrected chi connectivity index (χ4v) is 3.87. The SMILES string of the molecule is CCn1nc(Br)c2c1CCS(=O)(=O)C2. The molecule has 0 spiro atoms. The first-order valence-corrected chi connectivity index (χ1v) is 7.09. The van der Waals surface area contributed by atoms with Gasteiger partial charge in [-0.15, -0.1) is 0 Å². The Morgan fingerprint density at radius 2 is 2.29 bits per heavy atom. The van der Waals surface area contributed by atoms with Gasteiger partial charge in [0.1, 0.15) is 4.60 Å². The first-order chi connectivity index (χ1) is 6.53. The maximum Gasteiger partial charge on any atom is 0.155 e. The molecule has 14 heavy (non-hydrogen) atoms. The molecule has 0 aliphatic carbocycles. The van der Waals surface area contributed by atoms with Gasteiger partial charge in [-0.25, -0.2) is 8.42 Å². The lowest BCUT2D eigenvalue weighted by Gasteiger charge is -2.13. The molecular weight excluding hydrogens is 268 g/mol. The van der Waals surface area contributed by atoms with Gasteiger partial charge < -0.3 is 0 Å². The van der Waals surface area contributed by atoms with Crippen molar-refractivity contribution in [3.63, 3.8) is 0 Å². The van der Waals surface area contributed by atoms with E-state index in [1.807, 2.05) is 11.6 Å². The summed E-state index contributed by atoms with van der Waals surface area (Å²) in [7, 11) is -2.90. The van der Waals surface area contributed by atoms with Gasteiger partial charge in [0.15, 0.2) is 9.84 Å². The quantitative estimate of drug-likeness (QED) is 0.774. The summed E-state index contributed by atoms with van der Waals surface area (Å²) < 4.78 is 25.4. The topological polar surface area (TPSA) is 52.0 Å². The summed E-state index contributed by atoms with van der Waals surface area (Å²) >= 11 is 3.30. The average Bonchev–Trinajstić information content (AvgIpc) is 2.41. The van der Waals surface area contributed by atoms with Crippen LogP contribution in [0.15, 0.2) is 4.60 Å². The maximum absolute atomic E-state index is 11.4. The van der Waals surface area contributed by atoms with Crippen molar-refractivity contribution >= 4 is 25.8 Å². The predicted octanol–water partition coefficient (Wildman–Crippen LogP) is 1.14. The van der Waals surface area contributed by atoms with Crippen molar-refractivity contribution < 1.29 is 8.42 Å². The van der Waals surface area contributed by atoms with Crippen LogP contribution < -0.4 is 0 Å². The Kier molecular flexibility index (Phi) is 2.43. The number of aryl methyl sites for hydroxylation is 1. The molecular formula is C8H11BrN2O2S. The van der Waals surface area contributed by atoms with Crippen molar-refractivity contribution in [2.24, 2.45) is 0 Å². The van der Waals surface area contributed by atoms with Crippen LogP contribution in [-0.4, -0.2) is 24.0 Å². The molecule has 0 fully saturated rings. The van der Waals surface area contributed by atoms with E-state index in [1.165, 1.54) is 0 Å². The molecule has 2 rings (SSSR count). The average molecular weight is 279 g/mol. The van der Waals surface area contributed by atoms with Gasteiger partial charge >= 0.3 is 0 Å². The lowest BCUT2D eigenvalue weighted by molar-refractivity contribution is 0.583. The van der Waals surface area contributed by atoms with E-state index in [1.54, 1.807) is 0 Å². The van der Waals surface area contributed by atoms with E-state index >= 15 is 0 Å². The Balaban J connectivity index is 2.53. The summed E-state index contributed by atoms with van der Waals surface area (Å²) in [5.74, 6) is 0.376. The third-order valence-electron chi connectivity index (χ3n) is 2.43. The first-order valence-electron chi connectivity index (χ1n) is 4.48. The summed E-state index contributed by atoms with van der Waals surface area (Å²) in [5, 5.41) is 4.25. The Labute approximate surface area is 91.4 Å². The highest BCUT2D eigenvalue weighted by Crippen LogP contribution is 2.27. The van der Waals surface area contributed by atoms with Crippen molar-refractivity contribution in [3.05, 3.63) is 15.9 Å². The summed E-state index contributed by atoms with van der Waals surface area (Å²) in [4.78, 5) is 0. The number of rotatable bonds is 1. The highest BCUT2D eigenvalue weighted by Gasteiger charge is 2.27. The van der Waals surface area contributed by atoms with Gasteiger partial charge in [0, 0.05) is 24.2 Å². The molecule has 4 nitrogen and oxygen atoms in total. The highest BCUT2D eigenvalue weighted by molar-refractivity contribution is 9.10. The van der Waals surface area contributed by atoms with E-state index in [4.69, 9.17) is 0 Å². The Morgan fingerprint density at radius 1 is 1.57 bits per heavy atom. The second kappa shape index (κ2) is 3.34. The van der Waals surface area contributed by atoms with Crippen LogP contribution in [0.4, 0.5) is 0 Å². The molecule has 1 aliphatic rings. The molecule has 0 bridgehead atoms. The van der Waals surface area contributed by atoms with Crippen LogP contribution in [-0.2, 0) is 28.6 Å². The maximum atomic E-state index is 11.4. The van der Waals surface area contributed by atoms with E-state index in [2.05, 4.69) is 21.0 Å². The number of sulfone groups is 1. The van der Waals surface area contributed by atoms with E-state index in [0.29, 0.717) is 11.0 Å². The van der Waals surface area contributed by atoms with Crippen LogP contribution in [0.5, 0.6) is 0 Å². The van der Waals surface area contributed by atoms with E-state index in [0.717, 1.165) is 17.8 Å². The highest BCUT2D eigenvalue weighted by atomic mass is 79.9. The van der Waals surface area contributed by atoms with Gasteiger partial charge in [-0.05, 0) is 22.9 Å². The van der Waals surface area contributed by atoms with Crippen LogP contribution in [0.25, 0.3) is 0 Å². The minimum absolute atomic E-state index is 0.128. The lowest BCUT2D eigenvalue weighted by Crippen LogP contribution is -2.20. The Bertz CT molecular complexity index is 464. The number of hydrogen-bond donors (Lipinski definition) is 0. The standard InChI is InChI=1S/C8H11BrN2O2S/c1-2-11-7-3-4-14(12,13)5-6(7)8(9)10-11/h2-5H2,1H3. The summed E-state index contributed by atoms with van der Waals surface area (Å²) in [5.41, 5.74) is 1.91. The lowest BCUT2D eigenvalue weighted by atomic mass is 10.2. The van der Waals surface area contributed by atoms with Gasteiger partial charge in [-0.1, -0.05) is 0 Å². The third-order valence-corrected chi connectivity index (χ3v) is 4.62. The Morgan fingerprint density at radius 3 is 2.93 bits per heavy atom. The van der Waals surface area contributed by atoms with Crippen LogP contribution in [0.3, 0.4) is 0 Å². The van der Waals surface area contributed by atoms with Crippen LogP contribution >= 0.6 is 15.9 Å². The zero-order chi connectivity index (χ0) is 10.3. The van der Waals surface area contributed by atoms with Crippen molar-refractivity contribution in [1.82, 2.24) is 9.78 Å². The third kappa shape index (κ3) is 1.61. The van der Waals surface area contributed by atoms with Crippen molar-refractivity contribution in [2.75, 3.05) is 5.75 Å². The smallest absolute Gasteiger partial charge is 0.155 e. The molecule has 1 aliphatic heterocycles. The minimum atomic E-state index is -2.90. The molecule has 0 amide bonds. The molecule has 0 N–H and O–H groups in total. The zero-order valence-electron chi connectivity index (χ0n) is 7.83. The minimum Gasteiger partial charge on any atom is -0.268 e. The zero-order valence-corrected chi connectivity index (χ0v) is 10.2. The van der Waals surface area contributed by atoms with Gasteiger partial charge in [0.05, 0.1) is 11.5 Å². The van der Waals surface area contributed by atoms with Gasteiger partial charge in [0.25, 0.3) is 0 Å². The number of fused-ring (bicyclic) bond motifs is 1. The number of aromatic nitrogens is 2. The van der Waals surface area contributed by atoms with Crippen LogP contribution in [0.1, 0.15) is 18.2 Å². The molecule has 78 valence electrons. The van der Waals surface area contributed by atoms with Crippen LogP contribution in [0.2, 0.25) is 0 Å². The first kappa shape index (κ1) is 10.2. The molecule has 0 radical (unpaired) electrons. The molecule has 1 aromatic rings. The monoisotopic (exact) mass is 278 g/mol. The largest absolute Gasteiger partial charge is 0.268 e. The molecule has 6 heteroatoms.